The van der Waals surface area contributed by atoms with Crippen molar-refractivity contribution in [2.75, 3.05) is 6.54 Å². The van der Waals surface area contributed by atoms with Crippen molar-refractivity contribution in [3.8, 4) is 17.3 Å². The number of nitrogens with zero attached hydrogens (tertiary/aromatic N) is 3. The zero-order chi connectivity index (χ0) is 22.0. The van der Waals surface area contributed by atoms with Crippen LogP contribution in [0.15, 0.2) is 42.5 Å². The summed E-state index contributed by atoms with van der Waals surface area (Å²) in [6, 6.07) is 12.1. The van der Waals surface area contributed by atoms with Gasteiger partial charge in [0, 0.05) is 54.9 Å². The fourth-order valence-electron chi connectivity index (χ4n) is 3.88. The molecule has 31 heavy (non-hydrogen) atoms. The molecule has 0 radical (unpaired) electrons. The zero-order valence-corrected chi connectivity index (χ0v) is 16.7. The Morgan fingerprint density at radius 2 is 2.13 bits per heavy atom. The lowest BCUT2D eigenvalue weighted by molar-refractivity contribution is -0.132. The van der Waals surface area contributed by atoms with Gasteiger partial charge in [0.25, 0.3) is 0 Å². The molecule has 3 aromatic rings. The van der Waals surface area contributed by atoms with Gasteiger partial charge in [-0.05, 0) is 30.2 Å². The lowest BCUT2D eigenvalue weighted by Crippen LogP contribution is -2.39. The van der Waals surface area contributed by atoms with Crippen molar-refractivity contribution in [2.45, 2.75) is 31.8 Å². The molecule has 4 rings (SSSR count). The van der Waals surface area contributed by atoms with E-state index >= 15 is 0 Å². The number of halogens is 2. The van der Waals surface area contributed by atoms with Crippen LogP contribution in [0.2, 0.25) is 0 Å². The summed E-state index contributed by atoms with van der Waals surface area (Å²) in [5, 5.41) is 16.6. The Morgan fingerprint density at radius 1 is 1.29 bits per heavy atom. The number of aromatic nitrogens is 2. The van der Waals surface area contributed by atoms with Gasteiger partial charge < -0.3 is 10.6 Å². The number of fused-ring (bicyclic) bond motifs is 1. The predicted octanol–water partition coefficient (Wildman–Crippen LogP) is 3.07. The van der Waals surface area contributed by atoms with E-state index in [2.05, 4.69) is 16.3 Å². The first kappa shape index (κ1) is 20.7. The zero-order valence-electron chi connectivity index (χ0n) is 16.7. The molecule has 1 unspecified atom stereocenters. The van der Waals surface area contributed by atoms with Gasteiger partial charge in [0.1, 0.15) is 11.6 Å². The maximum absolute atomic E-state index is 13.9. The maximum atomic E-state index is 13.9. The molecule has 0 fully saturated rings. The molecular weight excluding hydrogens is 400 g/mol. The predicted molar refractivity (Wildman–Crippen MR) is 111 cm³/mol. The van der Waals surface area contributed by atoms with E-state index in [1.807, 2.05) is 6.07 Å². The van der Waals surface area contributed by atoms with E-state index < -0.39 is 17.7 Å². The molecule has 0 spiro atoms. The Hall–Kier alpha value is -3.57. The summed E-state index contributed by atoms with van der Waals surface area (Å²) in [4.78, 5) is 14.6. The third kappa shape index (κ3) is 4.47. The average molecular weight is 421 g/mol. The van der Waals surface area contributed by atoms with Crippen LogP contribution >= 0.6 is 0 Å². The van der Waals surface area contributed by atoms with Crippen molar-refractivity contribution in [3.05, 3.63) is 76.5 Å². The first-order valence-corrected chi connectivity index (χ1v) is 9.98. The van der Waals surface area contributed by atoms with Crippen LogP contribution in [-0.2, 0) is 24.2 Å². The normalized spacial score (nSPS) is 14.1. The average Bonchev–Trinajstić information content (AvgIpc) is 3.19. The van der Waals surface area contributed by atoms with Gasteiger partial charge >= 0.3 is 0 Å². The quantitative estimate of drug-likeness (QED) is 0.661. The number of carbonyl (C=O) groups excluding carboxylic acids is 1. The highest BCUT2D eigenvalue weighted by molar-refractivity contribution is 5.78. The summed E-state index contributed by atoms with van der Waals surface area (Å²) in [5.74, 6) is -1.43. The fraction of sp³-hybridized carbons (Fsp3) is 0.261. The molecule has 2 heterocycles. The lowest BCUT2D eigenvalue weighted by Gasteiger charge is -2.28. The van der Waals surface area contributed by atoms with Gasteiger partial charge in [-0.15, -0.1) is 0 Å². The third-order valence-corrected chi connectivity index (χ3v) is 5.49. The van der Waals surface area contributed by atoms with Gasteiger partial charge in [-0.25, -0.2) is 8.78 Å². The molecular formula is C23H21F2N5O. The minimum atomic E-state index is -0.659. The first-order chi connectivity index (χ1) is 14.9. The van der Waals surface area contributed by atoms with Gasteiger partial charge in [-0.3, -0.25) is 9.89 Å². The highest BCUT2D eigenvalue weighted by atomic mass is 19.1. The third-order valence-electron chi connectivity index (χ3n) is 5.49. The minimum Gasteiger partial charge on any atom is -0.338 e. The SMILES string of the molecule is N#Cc1cccc(-c2n[nH]c3c2CN(C(=O)CC(N)Cc2ccc(F)cc2F)CC3)c1. The van der Waals surface area contributed by atoms with E-state index in [9.17, 15) is 13.6 Å². The van der Waals surface area contributed by atoms with Crippen molar-refractivity contribution in [1.29, 1.82) is 5.26 Å². The van der Waals surface area contributed by atoms with Gasteiger partial charge in [0.2, 0.25) is 5.91 Å². The molecule has 0 saturated carbocycles. The summed E-state index contributed by atoms with van der Waals surface area (Å²) in [6.07, 6.45) is 0.839. The van der Waals surface area contributed by atoms with Crippen LogP contribution in [0, 0.1) is 23.0 Å². The van der Waals surface area contributed by atoms with E-state index in [0.29, 0.717) is 25.1 Å². The number of nitriles is 1. The molecule has 158 valence electrons. The molecule has 3 N–H and O–H groups in total. The molecule has 1 aromatic heterocycles. The molecule has 6 nitrogen and oxygen atoms in total. The number of aromatic amines is 1. The standard InChI is InChI=1S/C23H21F2N5O/c24-17-5-4-15(20(25)10-17)9-18(27)11-22(31)30-7-6-21-19(13-30)23(29-28-21)16-3-1-2-14(8-16)12-26/h1-5,8,10,18H,6-7,9,11,13,27H2,(H,28,29). The van der Waals surface area contributed by atoms with Gasteiger partial charge in [0.05, 0.1) is 17.3 Å². The topological polar surface area (TPSA) is 98.8 Å². The fourth-order valence-corrected chi connectivity index (χ4v) is 3.88. The number of hydrogen-bond donors (Lipinski definition) is 2. The number of rotatable bonds is 5. The number of nitrogens with one attached hydrogen (secondary N) is 1. The van der Waals surface area contributed by atoms with E-state index in [-0.39, 0.29) is 24.3 Å². The molecule has 1 aliphatic heterocycles. The molecule has 1 aliphatic rings. The number of amides is 1. The first-order valence-electron chi connectivity index (χ1n) is 9.98. The molecule has 8 heteroatoms. The van der Waals surface area contributed by atoms with Gasteiger partial charge in [-0.1, -0.05) is 18.2 Å². The molecule has 0 bridgehead atoms. The van der Waals surface area contributed by atoms with Crippen molar-refractivity contribution in [1.82, 2.24) is 15.1 Å². The summed E-state index contributed by atoms with van der Waals surface area (Å²) < 4.78 is 26.9. The van der Waals surface area contributed by atoms with E-state index in [1.165, 1.54) is 12.1 Å². The van der Waals surface area contributed by atoms with Crippen LogP contribution in [0.25, 0.3) is 11.3 Å². The van der Waals surface area contributed by atoms with E-state index in [1.54, 1.807) is 23.1 Å². The smallest absolute Gasteiger partial charge is 0.224 e. The van der Waals surface area contributed by atoms with Crippen LogP contribution in [0.4, 0.5) is 8.78 Å². The largest absolute Gasteiger partial charge is 0.338 e. The van der Waals surface area contributed by atoms with Gasteiger partial charge in [0.15, 0.2) is 0 Å². The molecule has 1 amide bonds. The van der Waals surface area contributed by atoms with Crippen molar-refractivity contribution in [2.24, 2.45) is 5.73 Å². The number of H-pyrrole nitrogens is 1. The Balaban J connectivity index is 1.45. The molecule has 0 aliphatic carbocycles. The van der Waals surface area contributed by atoms with Crippen LogP contribution < -0.4 is 5.73 Å². The number of nitrogens with two attached hydrogens (primary N) is 1. The van der Waals surface area contributed by atoms with Crippen LogP contribution in [0.5, 0.6) is 0 Å². The second kappa shape index (κ2) is 8.66. The Kier molecular flexibility index (Phi) is 5.78. The highest BCUT2D eigenvalue weighted by Crippen LogP contribution is 2.29. The Bertz CT molecular complexity index is 1170. The minimum absolute atomic E-state index is 0.0588. The van der Waals surface area contributed by atoms with Crippen LogP contribution in [-0.4, -0.2) is 33.6 Å². The number of hydrogen-bond acceptors (Lipinski definition) is 4. The van der Waals surface area contributed by atoms with Crippen molar-refractivity contribution < 1.29 is 13.6 Å². The van der Waals surface area contributed by atoms with Crippen molar-refractivity contribution >= 4 is 5.91 Å². The lowest BCUT2D eigenvalue weighted by atomic mass is 9.98. The van der Waals surface area contributed by atoms with Crippen molar-refractivity contribution in [3.63, 3.8) is 0 Å². The second-order valence-corrected chi connectivity index (χ2v) is 7.69. The summed E-state index contributed by atoms with van der Waals surface area (Å²) in [6.45, 7) is 0.914. The summed E-state index contributed by atoms with van der Waals surface area (Å²) in [7, 11) is 0. The molecule has 1 atom stereocenters. The Labute approximate surface area is 178 Å². The second-order valence-electron chi connectivity index (χ2n) is 7.69. The van der Waals surface area contributed by atoms with Gasteiger partial charge in [-0.2, -0.15) is 10.4 Å². The summed E-state index contributed by atoms with van der Waals surface area (Å²) >= 11 is 0. The van der Waals surface area contributed by atoms with E-state index in [4.69, 9.17) is 11.0 Å². The number of benzene rings is 2. The Morgan fingerprint density at radius 3 is 2.90 bits per heavy atom. The summed E-state index contributed by atoms with van der Waals surface area (Å²) in [5.41, 5.74) is 10.4. The van der Waals surface area contributed by atoms with Crippen LogP contribution in [0.3, 0.4) is 0 Å². The maximum Gasteiger partial charge on any atom is 0.224 e. The highest BCUT2D eigenvalue weighted by Gasteiger charge is 2.27. The molecule has 2 aromatic carbocycles. The van der Waals surface area contributed by atoms with E-state index in [0.717, 1.165) is 28.6 Å². The monoisotopic (exact) mass is 421 g/mol. The number of carbonyl (C=O) groups is 1. The molecule has 0 saturated heterocycles. The van der Waals surface area contributed by atoms with Crippen LogP contribution in [0.1, 0.15) is 28.8 Å².